The molecule has 1 rings (SSSR count). The molecule has 0 radical (unpaired) electrons. The second kappa shape index (κ2) is 4.78. The second-order valence-electron chi connectivity index (χ2n) is 2.26. The minimum Gasteiger partial charge on any atom is -0.860 e. The van der Waals surface area contributed by atoms with Gasteiger partial charge in [0.25, 0.3) is 0 Å². The zero-order chi connectivity index (χ0) is 10.6. The van der Waals surface area contributed by atoms with E-state index in [0.717, 1.165) is 0 Å². The molecule has 0 aliphatic carbocycles. The van der Waals surface area contributed by atoms with Crippen LogP contribution in [0.5, 0.6) is 11.5 Å². The highest BCUT2D eigenvalue weighted by Gasteiger charge is 2.03. The van der Waals surface area contributed by atoms with Crippen molar-refractivity contribution in [1.29, 1.82) is 0 Å². The molecule has 7 heteroatoms. The monoisotopic (exact) mass is 202 g/mol. The molecule has 0 saturated heterocycles. The first-order chi connectivity index (χ1) is 6.58. The molecule has 1 aromatic rings. The molecule has 0 heterocycles. The van der Waals surface area contributed by atoms with Gasteiger partial charge in [0.05, 0.1) is 5.75 Å². The van der Waals surface area contributed by atoms with Gasteiger partial charge in [0.15, 0.2) is 0 Å². The number of hydrogen-bond donors (Lipinski definition) is 0. The molecule has 0 atom stereocenters. The van der Waals surface area contributed by atoms with Crippen molar-refractivity contribution in [2.75, 3.05) is 0 Å². The zero-order valence-corrected chi connectivity index (χ0v) is 6.85. The van der Waals surface area contributed by atoms with Gasteiger partial charge < -0.3 is 19.4 Å². The smallest absolute Gasteiger partial charge is 0.387 e. The number of ether oxygens (including phenoxy) is 1. The van der Waals surface area contributed by atoms with Gasteiger partial charge in [-0.25, -0.2) is 0 Å². The Balaban J connectivity index is 2.59. The van der Waals surface area contributed by atoms with Crippen LogP contribution >= 0.6 is 0 Å². The molecule has 76 valence electrons. The number of rotatable bonds is 4. The Hall–Kier alpha value is -1.34. The fourth-order valence-corrected chi connectivity index (χ4v) is 0.811. The SMILES string of the molecule is [O-]B([O-])Oc1ccc(OC(F)F)cc1. The van der Waals surface area contributed by atoms with E-state index in [1.54, 1.807) is 0 Å². The highest BCUT2D eigenvalue weighted by atomic mass is 19.3. The van der Waals surface area contributed by atoms with E-state index < -0.39 is 13.9 Å². The third-order valence-corrected chi connectivity index (χ3v) is 1.28. The fourth-order valence-electron chi connectivity index (χ4n) is 0.811. The first-order valence-electron chi connectivity index (χ1n) is 3.61. The molecule has 0 aliphatic heterocycles. The van der Waals surface area contributed by atoms with E-state index >= 15 is 0 Å². The van der Waals surface area contributed by atoms with E-state index in [1.165, 1.54) is 24.3 Å². The Bertz CT molecular complexity index is 249. The lowest BCUT2D eigenvalue weighted by Gasteiger charge is -2.26. The van der Waals surface area contributed by atoms with Crippen molar-refractivity contribution in [2.24, 2.45) is 0 Å². The molecule has 0 unspecified atom stereocenters. The number of hydrogen-bond acceptors (Lipinski definition) is 4. The van der Waals surface area contributed by atoms with Crippen molar-refractivity contribution in [1.82, 2.24) is 0 Å². The van der Waals surface area contributed by atoms with E-state index in [1.807, 2.05) is 0 Å². The molecule has 0 amide bonds. The summed E-state index contributed by atoms with van der Waals surface area (Å²) >= 11 is 0. The lowest BCUT2D eigenvalue weighted by atomic mass is 10.2. The van der Waals surface area contributed by atoms with Crippen molar-refractivity contribution < 1.29 is 28.2 Å². The maximum absolute atomic E-state index is 11.7. The summed E-state index contributed by atoms with van der Waals surface area (Å²) in [5.41, 5.74) is 0. The Morgan fingerprint density at radius 3 is 2.00 bits per heavy atom. The topological polar surface area (TPSA) is 64.6 Å². The normalized spacial score (nSPS) is 10.1. The third-order valence-electron chi connectivity index (χ3n) is 1.28. The minimum atomic E-state index is -2.91. The summed E-state index contributed by atoms with van der Waals surface area (Å²) in [7, 11) is -2.43. The summed E-state index contributed by atoms with van der Waals surface area (Å²) in [6.45, 7) is -2.91. The Morgan fingerprint density at radius 1 is 1.07 bits per heavy atom. The molecule has 0 aromatic heterocycles. The Morgan fingerprint density at radius 2 is 1.57 bits per heavy atom. The van der Waals surface area contributed by atoms with Crippen LogP contribution in [0.2, 0.25) is 0 Å². The van der Waals surface area contributed by atoms with Crippen molar-refractivity contribution in [2.45, 2.75) is 6.61 Å². The Kier molecular flexibility index (Phi) is 3.67. The van der Waals surface area contributed by atoms with Gasteiger partial charge in [-0.05, 0) is 24.3 Å². The van der Waals surface area contributed by atoms with Crippen molar-refractivity contribution in [3.05, 3.63) is 24.3 Å². The summed E-state index contributed by atoms with van der Waals surface area (Å²) in [4.78, 5) is 0. The molecular weight excluding hydrogens is 197 g/mol. The van der Waals surface area contributed by atoms with E-state index in [9.17, 15) is 18.8 Å². The predicted octanol–water partition coefficient (Wildman–Crippen LogP) is -0.628. The van der Waals surface area contributed by atoms with Gasteiger partial charge in [-0.2, -0.15) is 8.78 Å². The first-order valence-corrected chi connectivity index (χ1v) is 3.61. The standard InChI is InChI=1S/C7H5BF2O4/c9-7(10)13-5-1-3-6(4-2-5)14-8(11)12/h1-4,7H/q-2. The minimum absolute atomic E-state index is 0.0154. The van der Waals surface area contributed by atoms with Gasteiger partial charge >= 0.3 is 6.61 Å². The van der Waals surface area contributed by atoms with Gasteiger partial charge in [-0.1, -0.05) is 0 Å². The van der Waals surface area contributed by atoms with Crippen LogP contribution in [-0.4, -0.2) is 13.9 Å². The van der Waals surface area contributed by atoms with E-state index in [4.69, 9.17) is 0 Å². The van der Waals surface area contributed by atoms with Gasteiger partial charge in [-0.3, -0.25) is 0 Å². The van der Waals surface area contributed by atoms with Crippen LogP contribution in [0, 0.1) is 0 Å². The first kappa shape index (κ1) is 10.7. The van der Waals surface area contributed by atoms with Gasteiger partial charge in [0.2, 0.25) is 0 Å². The lowest BCUT2D eigenvalue weighted by molar-refractivity contribution is -0.372. The van der Waals surface area contributed by atoms with Crippen LogP contribution in [0.15, 0.2) is 24.3 Å². The van der Waals surface area contributed by atoms with Crippen molar-refractivity contribution >= 4 is 7.32 Å². The van der Waals surface area contributed by atoms with Gasteiger partial charge in [0, 0.05) is 0 Å². The molecule has 0 bridgehead atoms. The number of alkyl halides is 2. The highest BCUT2D eigenvalue weighted by molar-refractivity contribution is 6.29. The van der Waals surface area contributed by atoms with Crippen molar-refractivity contribution in [3.8, 4) is 11.5 Å². The summed E-state index contributed by atoms with van der Waals surface area (Å²) in [5, 5.41) is 20.1. The third kappa shape index (κ3) is 3.59. The molecule has 0 spiro atoms. The highest BCUT2D eigenvalue weighted by Crippen LogP contribution is 2.18. The Labute approximate surface area is 78.9 Å². The molecule has 4 nitrogen and oxygen atoms in total. The summed E-state index contributed by atoms with van der Waals surface area (Å²) < 4.78 is 31.6. The van der Waals surface area contributed by atoms with Crippen LogP contribution in [0.3, 0.4) is 0 Å². The summed E-state index contributed by atoms with van der Waals surface area (Å²) in [6, 6.07) is 4.73. The average molecular weight is 202 g/mol. The quantitative estimate of drug-likeness (QED) is 0.609. The van der Waals surface area contributed by atoms with Crippen LogP contribution in [-0.2, 0) is 0 Å². The molecule has 14 heavy (non-hydrogen) atoms. The molecule has 0 fully saturated rings. The van der Waals surface area contributed by atoms with E-state index in [2.05, 4.69) is 9.39 Å². The number of benzene rings is 1. The predicted molar refractivity (Wildman–Crippen MR) is 39.5 cm³/mol. The van der Waals surface area contributed by atoms with Gasteiger partial charge in [0.1, 0.15) is 13.1 Å². The van der Waals surface area contributed by atoms with E-state index in [0.29, 0.717) is 0 Å². The summed E-state index contributed by atoms with van der Waals surface area (Å²) in [5.74, 6) is -0.0534. The molecule has 1 aromatic carbocycles. The second-order valence-corrected chi connectivity index (χ2v) is 2.26. The molecular formula is C7H5BF2O4-2. The molecule has 0 saturated carbocycles. The zero-order valence-electron chi connectivity index (χ0n) is 6.85. The molecule has 0 N–H and O–H groups in total. The molecule has 0 aliphatic rings. The van der Waals surface area contributed by atoms with E-state index in [-0.39, 0.29) is 11.5 Å². The van der Waals surface area contributed by atoms with Crippen LogP contribution in [0.4, 0.5) is 8.78 Å². The maximum Gasteiger partial charge on any atom is 0.387 e. The average Bonchev–Trinajstić information content (AvgIpc) is 2.06. The van der Waals surface area contributed by atoms with Gasteiger partial charge in [-0.15, -0.1) is 0 Å². The van der Waals surface area contributed by atoms with Crippen molar-refractivity contribution in [3.63, 3.8) is 0 Å². The fraction of sp³-hybridized carbons (Fsp3) is 0.143. The van der Waals surface area contributed by atoms with Crippen LogP contribution in [0.25, 0.3) is 0 Å². The summed E-state index contributed by atoms with van der Waals surface area (Å²) in [6.07, 6.45) is 0. The van der Waals surface area contributed by atoms with Crippen LogP contribution < -0.4 is 19.4 Å². The maximum atomic E-state index is 11.7. The largest absolute Gasteiger partial charge is 0.860 e. The lowest BCUT2D eigenvalue weighted by Crippen LogP contribution is -2.50. The number of halogens is 2. The van der Waals surface area contributed by atoms with Crippen LogP contribution in [0.1, 0.15) is 0 Å².